The SMILES string of the molecule is O=c1c2ncccc2nc(NCCc2ccc(Cl)cc2)n1-c1ccc(Cl)cc1. The van der Waals surface area contributed by atoms with Crippen LogP contribution in [0.15, 0.2) is 71.7 Å². The fourth-order valence-electron chi connectivity index (χ4n) is 2.94. The van der Waals surface area contributed by atoms with Gasteiger partial charge in [0.15, 0.2) is 5.52 Å². The molecule has 5 nitrogen and oxygen atoms in total. The molecule has 2 aromatic carbocycles. The van der Waals surface area contributed by atoms with E-state index in [1.807, 2.05) is 24.3 Å². The van der Waals surface area contributed by atoms with Crippen molar-refractivity contribution in [2.75, 3.05) is 11.9 Å². The zero-order chi connectivity index (χ0) is 19.5. The summed E-state index contributed by atoms with van der Waals surface area (Å²) in [5, 5.41) is 4.58. The molecule has 28 heavy (non-hydrogen) atoms. The maximum absolute atomic E-state index is 13.1. The van der Waals surface area contributed by atoms with Crippen molar-refractivity contribution in [3.05, 3.63) is 92.8 Å². The van der Waals surface area contributed by atoms with Crippen LogP contribution in [0, 0.1) is 0 Å². The summed E-state index contributed by atoms with van der Waals surface area (Å²) in [6.07, 6.45) is 2.35. The van der Waals surface area contributed by atoms with Crippen LogP contribution in [0.4, 0.5) is 5.95 Å². The number of halogens is 2. The van der Waals surface area contributed by atoms with Crippen molar-refractivity contribution in [3.8, 4) is 5.69 Å². The van der Waals surface area contributed by atoms with Crippen LogP contribution in [0.5, 0.6) is 0 Å². The summed E-state index contributed by atoms with van der Waals surface area (Å²) < 4.78 is 1.52. The smallest absolute Gasteiger partial charge is 0.286 e. The minimum atomic E-state index is -0.234. The second-order valence-corrected chi connectivity index (χ2v) is 7.10. The summed E-state index contributed by atoms with van der Waals surface area (Å²) in [6, 6.07) is 18.3. The van der Waals surface area contributed by atoms with Crippen molar-refractivity contribution < 1.29 is 0 Å². The molecule has 0 saturated heterocycles. The highest BCUT2D eigenvalue weighted by Gasteiger charge is 2.13. The fraction of sp³-hybridized carbons (Fsp3) is 0.0952. The van der Waals surface area contributed by atoms with E-state index in [1.54, 1.807) is 42.6 Å². The van der Waals surface area contributed by atoms with Gasteiger partial charge in [0.05, 0.1) is 11.2 Å². The van der Waals surface area contributed by atoms with Gasteiger partial charge in [-0.2, -0.15) is 0 Å². The van der Waals surface area contributed by atoms with Gasteiger partial charge in [0.25, 0.3) is 5.56 Å². The van der Waals surface area contributed by atoms with Gasteiger partial charge in [0.2, 0.25) is 5.95 Å². The number of hydrogen-bond acceptors (Lipinski definition) is 4. The molecule has 7 heteroatoms. The molecule has 0 spiro atoms. The molecule has 0 amide bonds. The number of aromatic nitrogens is 3. The summed E-state index contributed by atoms with van der Waals surface area (Å²) in [5.41, 5.74) is 2.44. The van der Waals surface area contributed by atoms with Crippen LogP contribution in [0.1, 0.15) is 5.56 Å². The predicted molar refractivity (Wildman–Crippen MR) is 114 cm³/mol. The van der Waals surface area contributed by atoms with E-state index in [0.717, 1.165) is 12.0 Å². The molecule has 0 radical (unpaired) electrons. The molecule has 1 N–H and O–H groups in total. The summed E-state index contributed by atoms with van der Waals surface area (Å²) in [6.45, 7) is 0.605. The number of nitrogens with one attached hydrogen (secondary N) is 1. The molecular weight excluding hydrogens is 395 g/mol. The molecule has 2 aromatic heterocycles. The Labute approximate surface area is 171 Å². The van der Waals surface area contributed by atoms with Gasteiger partial charge in [-0.15, -0.1) is 0 Å². The molecule has 0 unspecified atom stereocenters. The van der Waals surface area contributed by atoms with E-state index in [1.165, 1.54) is 4.57 Å². The summed E-state index contributed by atoms with van der Waals surface area (Å²) >= 11 is 11.9. The first-order chi connectivity index (χ1) is 13.6. The third-order valence-electron chi connectivity index (χ3n) is 4.33. The Kier molecular flexibility index (Phi) is 5.28. The maximum Gasteiger partial charge on any atom is 0.286 e. The standard InChI is InChI=1S/C21H16Cl2N4O/c22-15-5-3-14(4-6-15)11-13-25-21-26-18-2-1-12-24-19(18)20(28)27(21)17-9-7-16(23)8-10-17/h1-10,12H,11,13H2,(H,25,26). The quantitative estimate of drug-likeness (QED) is 0.515. The number of fused-ring (bicyclic) bond motifs is 1. The highest BCUT2D eigenvalue weighted by Crippen LogP contribution is 2.18. The van der Waals surface area contributed by atoms with Crippen LogP contribution in [-0.4, -0.2) is 21.1 Å². The molecule has 0 aliphatic rings. The average molecular weight is 411 g/mol. The van der Waals surface area contributed by atoms with Crippen molar-refractivity contribution in [1.82, 2.24) is 14.5 Å². The number of benzene rings is 2. The number of anilines is 1. The van der Waals surface area contributed by atoms with Gasteiger partial charge in [-0.25, -0.2) is 14.5 Å². The minimum absolute atomic E-state index is 0.234. The molecule has 4 rings (SSSR count). The first kappa shape index (κ1) is 18.5. The molecule has 140 valence electrons. The third-order valence-corrected chi connectivity index (χ3v) is 4.83. The van der Waals surface area contributed by atoms with E-state index in [0.29, 0.717) is 39.3 Å². The Morgan fingerprint density at radius 1 is 0.929 bits per heavy atom. The van der Waals surface area contributed by atoms with Crippen LogP contribution < -0.4 is 10.9 Å². The van der Waals surface area contributed by atoms with Gasteiger partial charge in [-0.1, -0.05) is 35.3 Å². The highest BCUT2D eigenvalue weighted by molar-refractivity contribution is 6.30. The minimum Gasteiger partial charge on any atom is -0.355 e. The molecule has 0 aliphatic carbocycles. The summed E-state index contributed by atoms with van der Waals surface area (Å²) in [4.78, 5) is 21.9. The molecule has 4 aromatic rings. The van der Waals surface area contributed by atoms with Gasteiger partial charge in [-0.3, -0.25) is 4.79 Å². The average Bonchev–Trinajstić information content (AvgIpc) is 2.71. The van der Waals surface area contributed by atoms with E-state index in [4.69, 9.17) is 23.2 Å². The van der Waals surface area contributed by atoms with Crippen molar-refractivity contribution in [2.45, 2.75) is 6.42 Å². The van der Waals surface area contributed by atoms with Crippen molar-refractivity contribution in [1.29, 1.82) is 0 Å². The lowest BCUT2D eigenvalue weighted by molar-refractivity contribution is 0.915. The third kappa shape index (κ3) is 3.86. The Balaban J connectivity index is 1.71. The van der Waals surface area contributed by atoms with E-state index >= 15 is 0 Å². The largest absolute Gasteiger partial charge is 0.355 e. The van der Waals surface area contributed by atoms with Crippen molar-refractivity contribution >= 4 is 40.2 Å². The van der Waals surface area contributed by atoms with E-state index < -0.39 is 0 Å². The Hall–Kier alpha value is -2.89. The van der Waals surface area contributed by atoms with Crippen LogP contribution in [-0.2, 0) is 6.42 Å². The monoisotopic (exact) mass is 410 g/mol. The number of nitrogens with zero attached hydrogens (tertiary/aromatic N) is 3. The van der Waals surface area contributed by atoms with Crippen molar-refractivity contribution in [2.24, 2.45) is 0 Å². The van der Waals surface area contributed by atoms with E-state index in [-0.39, 0.29) is 5.56 Å². The van der Waals surface area contributed by atoms with Gasteiger partial charge < -0.3 is 5.32 Å². The van der Waals surface area contributed by atoms with Crippen molar-refractivity contribution in [3.63, 3.8) is 0 Å². The number of hydrogen-bond donors (Lipinski definition) is 1. The predicted octanol–water partition coefficient (Wildman–Crippen LogP) is 4.74. The zero-order valence-corrected chi connectivity index (χ0v) is 16.3. The topological polar surface area (TPSA) is 59.8 Å². The first-order valence-corrected chi connectivity index (χ1v) is 9.49. The molecule has 0 fully saturated rings. The summed E-state index contributed by atoms with van der Waals surface area (Å²) in [5.74, 6) is 0.460. The van der Waals surface area contributed by atoms with Crippen LogP contribution in [0.25, 0.3) is 16.7 Å². The Morgan fingerprint density at radius 2 is 1.61 bits per heavy atom. The lowest BCUT2D eigenvalue weighted by atomic mass is 10.1. The van der Waals surface area contributed by atoms with Gasteiger partial charge in [0, 0.05) is 22.8 Å². The maximum atomic E-state index is 13.1. The molecule has 0 atom stereocenters. The summed E-state index contributed by atoms with van der Waals surface area (Å²) in [7, 11) is 0. The van der Waals surface area contributed by atoms with Gasteiger partial charge in [-0.05, 0) is 60.5 Å². The molecule has 0 bridgehead atoms. The second-order valence-electron chi connectivity index (χ2n) is 6.23. The van der Waals surface area contributed by atoms with E-state index in [2.05, 4.69) is 15.3 Å². The first-order valence-electron chi connectivity index (χ1n) is 8.74. The Bertz CT molecular complexity index is 1170. The fourth-order valence-corrected chi connectivity index (χ4v) is 3.19. The van der Waals surface area contributed by atoms with E-state index in [9.17, 15) is 4.79 Å². The van der Waals surface area contributed by atoms with Gasteiger partial charge >= 0.3 is 0 Å². The zero-order valence-electron chi connectivity index (χ0n) is 14.8. The molecule has 0 saturated carbocycles. The number of pyridine rings is 1. The molecule has 0 aliphatic heterocycles. The highest BCUT2D eigenvalue weighted by atomic mass is 35.5. The van der Waals surface area contributed by atoms with Crippen LogP contribution in [0.3, 0.4) is 0 Å². The molecular formula is C21H16Cl2N4O. The lowest BCUT2D eigenvalue weighted by Crippen LogP contribution is -2.25. The van der Waals surface area contributed by atoms with Crippen LogP contribution >= 0.6 is 23.2 Å². The van der Waals surface area contributed by atoms with Crippen LogP contribution in [0.2, 0.25) is 10.0 Å². The number of rotatable bonds is 5. The lowest BCUT2D eigenvalue weighted by Gasteiger charge is -2.15. The van der Waals surface area contributed by atoms with Gasteiger partial charge in [0.1, 0.15) is 0 Å². The molecule has 2 heterocycles. The normalized spacial score (nSPS) is 10.9. The Morgan fingerprint density at radius 3 is 2.32 bits per heavy atom. The second kappa shape index (κ2) is 8.00.